The minimum atomic E-state index is 0. The first-order chi connectivity index (χ1) is 2.89. The van der Waals surface area contributed by atoms with Gasteiger partial charge in [-0.05, 0) is 6.33 Å². The van der Waals surface area contributed by atoms with Gasteiger partial charge in [0.05, 0.1) is 0 Å². The Labute approximate surface area is 75.3 Å². The van der Waals surface area contributed by atoms with Crippen LogP contribution >= 0.6 is 23.1 Å². The Hall–Kier alpha value is 0.954. The van der Waals surface area contributed by atoms with E-state index in [2.05, 4.69) is 15.7 Å². The van der Waals surface area contributed by atoms with Gasteiger partial charge in [-0.1, -0.05) is 0 Å². The maximum absolute atomic E-state index is 5.27. The molecular weight excluding hydrogens is 208 g/mol. The van der Waals surface area contributed by atoms with Crippen LogP contribution in [0.4, 0.5) is 0 Å². The number of hydrogen-bond acceptors (Lipinski definition) is 3. The van der Waals surface area contributed by atoms with Crippen LogP contribution < -0.4 is 0 Å². The van der Waals surface area contributed by atoms with Gasteiger partial charge in [-0.3, -0.25) is 0 Å². The van der Waals surface area contributed by atoms with Crippen molar-refractivity contribution < 1.29 is 32.7 Å². The van der Waals surface area contributed by atoms with E-state index in [0.717, 1.165) is 11.5 Å². The van der Waals surface area contributed by atoms with Gasteiger partial charge >= 0.3 is 32.7 Å². The molecule has 0 saturated carbocycles. The summed E-state index contributed by atoms with van der Waals surface area (Å²) >= 11 is 6.40. The molecule has 0 atom stereocenters. The second-order valence-electron chi connectivity index (χ2n) is 0.647. The zero-order chi connectivity index (χ0) is 4.41. The molecule has 0 unspecified atom stereocenters. The molecule has 32 valence electrons. The van der Waals surface area contributed by atoms with E-state index < -0.39 is 0 Å². The summed E-state index contributed by atoms with van der Waals surface area (Å²) in [4.78, 5) is 3.46. The van der Waals surface area contributed by atoms with Crippen LogP contribution in [0.2, 0.25) is 4.47 Å². The van der Waals surface area contributed by atoms with Crippen molar-refractivity contribution in [1.82, 2.24) is 9.36 Å². The summed E-state index contributed by atoms with van der Waals surface area (Å²) in [6.45, 7) is 0. The van der Waals surface area contributed by atoms with Gasteiger partial charge in [-0.15, -0.1) is 11.5 Å². The zero-order valence-corrected chi connectivity index (χ0v) is 7.67. The van der Waals surface area contributed by atoms with Crippen molar-refractivity contribution in [3.8, 4) is 0 Å². The molecule has 2 nitrogen and oxygen atoms in total. The number of halogens is 1. The van der Waals surface area contributed by atoms with E-state index in [-0.39, 0.29) is 32.7 Å². The van der Waals surface area contributed by atoms with Crippen LogP contribution in [0.1, 0.15) is 0 Å². The van der Waals surface area contributed by atoms with Crippen LogP contribution in [-0.4, -0.2) is 9.36 Å². The van der Waals surface area contributed by atoms with Gasteiger partial charge in [0.15, 0.2) is 0 Å². The SMILES string of the molecule is Clc1n[c-]ns1.[Y+3]. The minimum absolute atomic E-state index is 0. The molecule has 0 aliphatic rings. The number of nitrogens with zero attached hydrogens (tertiary/aromatic N) is 2. The fraction of sp³-hybridized carbons (Fsp3) is 0. The first kappa shape index (κ1) is 7.95. The Balaban J connectivity index is 0.000000360. The molecule has 0 radical (unpaired) electrons. The molecular formula is C2ClN2SY+2. The molecule has 0 spiro atoms. The standard InChI is InChI=1S/C2ClN2S.Y/c3-2-4-1-5-6-2;/q-1;+3. The van der Waals surface area contributed by atoms with Crippen molar-refractivity contribution in [3.05, 3.63) is 10.8 Å². The van der Waals surface area contributed by atoms with Crippen LogP contribution in [0.3, 0.4) is 0 Å². The van der Waals surface area contributed by atoms with Gasteiger partial charge in [0, 0.05) is 4.47 Å². The van der Waals surface area contributed by atoms with Gasteiger partial charge in [0.1, 0.15) is 0 Å². The van der Waals surface area contributed by atoms with Crippen LogP contribution in [0.25, 0.3) is 0 Å². The van der Waals surface area contributed by atoms with Crippen molar-refractivity contribution in [3.63, 3.8) is 0 Å². The molecule has 0 aliphatic heterocycles. The van der Waals surface area contributed by atoms with Crippen molar-refractivity contribution in [2.24, 2.45) is 0 Å². The van der Waals surface area contributed by atoms with Gasteiger partial charge < -0.3 is 9.36 Å². The Kier molecular flexibility index (Phi) is 4.43. The maximum Gasteiger partial charge on any atom is 3.00 e. The minimum Gasteiger partial charge on any atom is -0.411 e. The van der Waals surface area contributed by atoms with Crippen molar-refractivity contribution in [2.75, 3.05) is 0 Å². The summed E-state index contributed by atoms with van der Waals surface area (Å²) in [5.74, 6) is 0. The average molecular weight is 208 g/mol. The van der Waals surface area contributed by atoms with E-state index in [9.17, 15) is 0 Å². The van der Waals surface area contributed by atoms with Gasteiger partial charge in [0.25, 0.3) is 0 Å². The summed E-state index contributed by atoms with van der Waals surface area (Å²) in [5.41, 5.74) is 0. The largest absolute Gasteiger partial charge is 3.00 e. The van der Waals surface area contributed by atoms with Crippen LogP contribution in [0, 0.1) is 6.33 Å². The molecule has 5 heteroatoms. The van der Waals surface area contributed by atoms with Crippen molar-refractivity contribution >= 4 is 23.1 Å². The maximum atomic E-state index is 5.27. The third-order valence-corrected chi connectivity index (χ3v) is 1.01. The molecule has 0 N–H and O–H groups in total. The fourth-order valence-electron chi connectivity index (χ4n) is 0.138. The molecule has 7 heavy (non-hydrogen) atoms. The summed E-state index contributed by atoms with van der Waals surface area (Å²) in [6, 6.07) is 0. The molecule has 0 bridgehead atoms. The molecule has 1 aromatic rings. The van der Waals surface area contributed by atoms with Crippen LogP contribution in [0.15, 0.2) is 0 Å². The Morgan fingerprint density at radius 2 is 2.43 bits per heavy atom. The Morgan fingerprint density at radius 3 is 2.57 bits per heavy atom. The first-order valence-corrected chi connectivity index (χ1v) is 2.40. The van der Waals surface area contributed by atoms with E-state index in [4.69, 9.17) is 11.6 Å². The molecule has 0 aliphatic carbocycles. The van der Waals surface area contributed by atoms with E-state index >= 15 is 0 Å². The quantitative estimate of drug-likeness (QED) is 0.594. The monoisotopic (exact) mass is 208 g/mol. The predicted octanol–water partition coefficient (Wildman–Crippen LogP) is 0.989. The van der Waals surface area contributed by atoms with Crippen molar-refractivity contribution in [2.45, 2.75) is 0 Å². The van der Waals surface area contributed by atoms with Gasteiger partial charge in [-0.2, -0.15) is 11.6 Å². The molecule has 1 heterocycles. The van der Waals surface area contributed by atoms with E-state index in [1.54, 1.807) is 0 Å². The first-order valence-electron chi connectivity index (χ1n) is 1.25. The van der Waals surface area contributed by atoms with Gasteiger partial charge in [-0.25, -0.2) is 0 Å². The summed E-state index contributed by atoms with van der Waals surface area (Å²) < 4.78 is 3.94. The Morgan fingerprint density at radius 1 is 1.71 bits per heavy atom. The molecule has 0 saturated heterocycles. The molecule has 0 fully saturated rings. The molecule has 1 rings (SSSR count). The van der Waals surface area contributed by atoms with Crippen LogP contribution in [0.5, 0.6) is 0 Å². The number of aromatic nitrogens is 2. The summed E-state index contributed by atoms with van der Waals surface area (Å²) in [5, 5.41) is 0. The Bertz CT molecular complexity index is 119. The van der Waals surface area contributed by atoms with Gasteiger partial charge in [0.2, 0.25) is 0 Å². The predicted molar refractivity (Wildman–Crippen MR) is 23.8 cm³/mol. The van der Waals surface area contributed by atoms with E-state index in [0.29, 0.717) is 4.47 Å². The fourth-order valence-corrected chi connectivity index (χ4v) is 0.518. The average Bonchev–Trinajstić information content (AvgIpc) is 1.86. The normalized spacial score (nSPS) is 7.57. The molecule has 1 aromatic heterocycles. The number of hydrogen-bond donors (Lipinski definition) is 0. The zero-order valence-electron chi connectivity index (χ0n) is 3.26. The van der Waals surface area contributed by atoms with E-state index in [1.165, 1.54) is 0 Å². The number of rotatable bonds is 0. The van der Waals surface area contributed by atoms with Crippen molar-refractivity contribution in [1.29, 1.82) is 0 Å². The second kappa shape index (κ2) is 3.90. The molecule has 0 amide bonds. The second-order valence-corrected chi connectivity index (χ2v) is 1.98. The topological polar surface area (TPSA) is 25.8 Å². The summed E-state index contributed by atoms with van der Waals surface area (Å²) in [7, 11) is 0. The molecule has 0 aromatic carbocycles. The van der Waals surface area contributed by atoms with Crippen LogP contribution in [-0.2, 0) is 32.7 Å². The third kappa shape index (κ3) is 2.70. The smallest absolute Gasteiger partial charge is 0.411 e. The third-order valence-electron chi connectivity index (χ3n) is 0.300. The van der Waals surface area contributed by atoms with E-state index in [1.807, 2.05) is 0 Å². The summed E-state index contributed by atoms with van der Waals surface area (Å²) in [6.07, 6.45) is 2.32.